The summed E-state index contributed by atoms with van der Waals surface area (Å²) >= 11 is 0. The van der Waals surface area contributed by atoms with Crippen molar-refractivity contribution < 1.29 is 9.72 Å². The molecule has 0 atom stereocenters. The number of hydrogen-bond donors (Lipinski definition) is 1. The minimum atomic E-state index is -0.407. The number of nitrogens with one attached hydrogen (secondary N) is 1. The molecule has 1 amide bonds. The largest absolute Gasteiger partial charge is 0.322 e. The summed E-state index contributed by atoms with van der Waals surface area (Å²) in [5.41, 5.74) is 2.03. The average Bonchev–Trinajstić information content (AvgIpc) is 2.61. The van der Waals surface area contributed by atoms with E-state index in [0.717, 1.165) is 5.57 Å². The number of amides is 1. The first-order valence-electron chi connectivity index (χ1n) is 6.15. The molecule has 102 valence electrons. The summed E-state index contributed by atoms with van der Waals surface area (Å²) in [6.07, 6.45) is 4.99. The van der Waals surface area contributed by atoms with Crippen LogP contribution in [0.5, 0.6) is 0 Å². The van der Waals surface area contributed by atoms with Crippen molar-refractivity contribution in [2.45, 2.75) is 13.3 Å². The zero-order valence-corrected chi connectivity index (χ0v) is 11.0. The van der Waals surface area contributed by atoms with Gasteiger partial charge >= 0.3 is 0 Å². The van der Waals surface area contributed by atoms with E-state index >= 15 is 0 Å². The van der Waals surface area contributed by atoms with Crippen molar-refractivity contribution >= 4 is 5.91 Å². The van der Waals surface area contributed by atoms with Gasteiger partial charge in [-0.05, 0) is 31.2 Å². The molecule has 0 heterocycles. The second kappa shape index (κ2) is 5.97. The maximum absolute atomic E-state index is 12.0. The summed E-state index contributed by atoms with van der Waals surface area (Å²) in [6, 6.07) is 8.81. The van der Waals surface area contributed by atoms with Gasteiger partial charge < -0.3 is 5.32 Å². The van der Waals surface area contributed by atoms with Crippen LogP contribution < -0.4 is 5.32 Å². The van der Waals surface area contributed by atoms with E-state index in [9.17, 15) is 14.9 Å². The number of rotatable bonds is 3. The molecule has 0 aromatic heterocycles. The van der Waals surface area contributed by atoms with E-state index in [1.54, 1.807) is 43.3 Å². The molecule has 0 saturated heterocycles. The summed E-state index contributed by atoms with van der Waals surface area (Å²) in [5.74, 6) is -0.237. The van der Waals surface area contributed by atoms with Crippen LogP contribution in [-0.2, 0) is 0 Å². The van der Waals surface area contributed by atoms with Crippen molar-refractivity contribution in [3.8, 4) is 0 Å². The van der Waals surface area contributed by atoms with Gasteiger partial charge in [0.15, 0.2) is 0 Å². The van der Waals surface area contributed by atoms with Gasteiger partial charge in [-0.1, -0.05) is 23.8 Å². The standard InChI is InChI=1S/C15H14N2O3/c1-11-9-13(7-8-14(10-11)17(19)20)16-15(18)12-5-3-2-4-6-12/h2-9H,10H2,1H3,(H,16,18). The summed E-state index contributed by atoms with van der Waals surface area (Å²) < 4.78 is 0. The van der Waals surface area contributed by atoms with Crippen LogP contribution in [0.25, 0.3) is 0 Å². The molecule has 0 radical (unpaired) electrons. The fraction of sp³-hybridized carbons (Fsp3) is 0.133. The van der Waals surface area contributed by atoms with E-state index in [-0.39, 0.29) is 18.0 Å². The molecule has 20 heavy (non-hydrogen) atoms. The van der Waals surface area contributed by atoms with E-state index in [2.05, 4.69) is 5.32 Å². The van der Waals surface area contributed by atoms with Crippen molar-refractivity contribution in [1.82, 2.24) is 5.32 Å². The van der Waals surface area contributed by atoms with Gasteiger partial charge in [0.25, 0.3) is 5.91 Å². The Balaban J connectivity index is 2.19. The highest BCUT2D eigenvalue weighted by Crippen LogP contribution is 2.17. The Morgan fingerprint density at radius 1 is 1.25 bits per heavy atom. The number of carbonyl (C=O) groups is 1. The summed E-state index contributed by atoms with van der Waals surface area (Å²) in [7, 11) is 0. The number of allylic oxidation sites excluding steroid dienone is 4. The lowest BCUT2D eigenvalue weighted by atomic mass is 10.1. The lowest BCUT2D eigenvalue weighted by molar-refractivity contribution is -0.426. The first-order chi connectivity index (χ1) is 9.56. The van der Waals surface area contributed by atoms with Gasteiger partial charge in [-0.3, -0.25) is 14.9 Å². The number of nitro groups is 1. The molecule has 0 aliphatic heterocycles. The van der Waals surface area contributed by atoms with Crippen LogP contribution in [0, 0.1) is 10.1 Å². The number of nitrogens with zero attached hydrogens (tertiary/aromatic N) is 1. The smallest absolute Gasteiger partial charge is 0.255 e. The van der Waals surface area contributed by atoms with Gasteiger partial charge in [0, 0.05) is 17.3 Å². The van der Waals surface area contributed by atoms with Crippen molar-refractivity contribution in [1.29, 1.82) is 0 Å². The quantitative estimate of drug-likeness (QED) is 0.678. The highest BCUT2D eigenvalue weighted by molar-refractivity contribution is 5.95. The van der Waals surface area contributed by atoms with Crippen LogP contribution in [0.15, 0.2) is 65.5 Å². The Labute approximate surface area is 116 Å². The molecule has 1 aromatic rings. The highest BCUT2D eigenvalue weighted by atomic mass is 16.6. The van der Waals surface area contributed by atoms with E-state index in [0.29, 0.717) is 11.3 Å². The molecule has 0 spiro atoms. The maximum atomic E-state index is 12.0. The molecule has 2 rings (SSSR count). The van der Waals surface area contributed by atoms with Crippen LogP contribution in [-0.4, -0.2) is 10.8 Å². The molecule has 1 aliphatic carbocycles. The molecule has 1 aromatic carbocycles. The van der Waals surface area contributed by atoms with Crippen LogP contribution in [0.3, 0.4) is 0 Å². The lowest BCUT2D eigenvalue weighted by Crippen LogP contribution is -2.21. The molecule has 0 unspecified atom stereocenters. The molecule has 0 bridgehead atoms. The SMILES string of the molecule is CC1=CC(NC(=O)c2ccccc2)=CC=C([N+](=O)[O-])C1. The number of hydrogen-bond acceptors (Lipinski definition) is 3. The fourth-order valence-corrected chi connectivity index (χ4v) is 1.89. The van der Waals surface area contributed by atoms with Crippen molar-refractivity contribution in [3.63, 3.8) is 0 Å². The van der Waals surface area contributed by atoms with E-state index in [4.69, 9.17) is 0 Å². The molecule has 0 saturated carbocycles. The van der Waals surface area contributed by atoms with Gasteiger partial charge in [0.2, 0.25) is 5.70 Å². The topological polar surface area (TPSA) is 72.2 Å². The van der Waals surface area contributed by atoms with Crippen LogP contribution in [0.4, 0.5) is 0 Å². The number of benzene rings is 1. The minimum Gasteiger partial charge on any atom is -0.322 e. The predicted molar refractivity (Wildman–Crippen MR) is 75.4 cm³/mol. The van der Waals surface area contributed by atoms with Gasteiger partial charge in [-0.15, -0.1) is 0 Å². The van der Waals surface area contributed by atoms with E-state index in [1.807, 2.05) is 6.07 Å². The Kier molecular flexibility index (Phi) is 4.10. The van der Waals surface area contributed by atoms with Crippen LogP contribution in [0.2, 0.25) is 0 Å². The van der Waals surface area contributed by atoms with Crippen molar-refractivity contribution in [2.24, 2.45) is 0 Å². The number of carbonyl (C=O) groups excluding carboxylic acids is 1. The first kappa shape index (κ1) is 13.7. The predicted octanol–water partition coefficient (Wildman–Crippen LogP) is 2.81. The zero-order chi connectivity index (χ0) is 14.5. The van der Waals surface area contributed by atoms with Crippen LogP contribution >= 0.6 is 0 Å². The van der Waals surface area contributed by atoms with Gasteiger partial charge in [0.05, 0.1) is 11.3 Å². The normalized spacial score (nSPS) is 14.6. The Morgan fingerprint density at radius 2 is 1.95 bits per heavy atom. The molecule has 0 fully saturated rings. The maximum Gasteiger partial charge on any atom is 0.255 e. The third-order valence-corrected chi connectivity index (χ3v) is 2.85. The van der Waals surface area contributed by atoms with Crippen molar-refractivity contribution in [3.05, 3.63) is 81.2 Å². The summed E-state index contributed by atoms with van der Waals surface area (Å²) in [5, 5.41) is 13.5. The summed E-state index contributed by atoms with van der Waals surface area (Å²) in [4.78, 5) is 22.4. The highest BCUT2D eigenvalue weighted by Gasteiger charge is 2.14. The van der Waals surface area contributed by atoms with E-state index < -0.39 is 4.92 Å². The minimum absolute atomic E-state index is 0.114. The van der Waals surface area contributed by atoms with Gasteiger partial charge in [0.1, 0.15) is 0 Å². The summed E-state index contributed by atoms with van der Waals surface area (Å²) in [6.45, 7) is 1.80. The second-order valence-electron chi connectivity index (χ2n) is 4.52. The molecular weight excluding hydrogens is 256 g/mol. The third kappa shape index (κ3) is 3.41. The Hall–Kier alpha value is -2.69. The monoisotopic (exact) mass is 270 g/mol. The van der Waals surface area contributed by atoms with Gasteiger partial charge in [-0.25, -0.2) is 0 Å². The van der Waals surface area contributed by atoms with Gasteiger partial charge in [-0.2, -0.15) is 0 Å². The Morgan fingerprint density at radius 3 is 2.60 bits per heavy atom. The molecule has 5 heteroatoms. The average molecular weight is 270 g/mol. The fourth-order valence-electron chi connectivity index (χ4n) is 1.89. The lowest BCUT2D eigenvalue weighted by Gasteiger charge is -2.05. The first-order valence-corrected chi connectivity index (χ1v) is 6.15. The van der Waals surface area contributed by atoms with Crippen molar-refractivity contribution in [2.75, 3.05) is 0 Å². The van der Waals surface area contributed by atoms with E-state index in [1.165, 1.54) is 6.08 Å². The third-order valence-electron chi connectivity index (χ3n) is 2.85. The molecule has 1 N–H and O–H groups in total. The zero-order valence-electron chi connectivity index (χ0n) is 11.0. The van der Waals surface area contributed by atoms with Crippen LogP contribution in [0.1, 0.15) is 23.7 Å². The Bertz CT molecular complexity index is 628. The molecule has 5 nitrogen and oxygen atoms in total. The second-order valence-corrected chi connectivity index (χ2v) is 4.52. The molecular formula is C15H14N2O3. The molecule has 1 aliphatic rings.